The number of halogens is 3. The molecule has 3 nitrogen and oxygen atoms in total. The quantitative estimate of drug-likeness (QED) is 0.879. The number of ether oxygens (including phenoxy) is 1. The van der Waals surface area contributed by atoms with Gasteiger partial charge in [0.15, 0.2) is 11.6 Å². The molecule has 132 valence electrons. The summed E-state index contributed by atoms with van der Waals surface area (Å²) in [6.07, 6.45) is 6.36. The van der Waals surface area contributed by atoms with Crippen LogP contribution in [-0.2, 0) is 6.54 Å². The number of likely N-dealkylation sites (tertiary alicyclic amines) is 1. The Labute approximate surface area is 150 Å². The summed E-state index contributed by atoms with van der Waals surface area (Å²) in [5.41, 5.74) is 6.65. The minimum absolute atomic E-state index is 0. The lowest BCUT2D eigenvalue weighted by atomic mass is 9.94. The summed E-state index contributed by atoms with van der Waals surface area (Å²) in [4.78, 5) is 2.31. The standard InChI is InChI=1S/C17H25FN2O.2ClH/c18-17-13(12-20-10-1-2-11-20)4-3-5-16(17)21-15-8-6-14(19)7-9-15;;/h3-5,14-15H,1-2,6-12,19H2;2*1H. The third-order valence-electron chi connectivity index (χ3n) is 4.65. The van der Waals surface area contributed by atoms with Gasteiger partial charge in [-0.2, -0.15) is 0 Å². The zero-order chi connectivity index (χ0) is 14.7. The van der Waals surface area contributed by atoms with Crippen molar-refractivity contribution in [2.75, 3.05) is 13.1 Å². The van der Waals surface area contributed by atoms with Crippen molar-refractivity contribution in [2.24, 2.45) is 5.73 Å². The minimum atomic E-state index is -0.181. The Kier molecular flexibility index (Phi) is 8.62. The molecule has 23 heavy (non-hydrogen) atoms. The summed E-state index contributed by atoms with van der Waals surface area (Å²) < 4.78 is 20.5. The maximum absolute atomic E-state index is 14.6. The van der Waals surface area contributed by atoms with Crippen LogP contribution in [-0.4, -0.2) is 30.1 Å². The molecule has 1 aromatic rings. The second-order valence-corrected chi connectivity index (χ2v) is 6.37. The molecule has 0 amide bonds. The molecule has 3 rings (SSSR count). The Bertz CT molecular complexity index is 476. The molecule has 0 spiro atoms. The highest BCUT2D eigenvalue weighted by Crippen LogP contribution is 2.27. The van der Waals surface area contributed by atoms with Crippen LogP contribution in [0.15, 0.2) is 18.2 Å². The third kappa shape index (κ3) is 5.49. The summed E-state index contributed by atoms with van der Waals surface area (Å²) in [5, 5.41) is 0. The van der Waals surface area contributed by atoms with Gasteiger partial charge < -0.3 is 10.5 Å². The van der Waals surface area contributed by atoms with E-state index in [1.807, 2.05) is 12.1 Å². The molecule has 1 heterocycles. The van der Waals surface area contributed by atoms with Crippen LogP contribution in [0.3, 0.4) is 0 Å². The van der Waals surface area contributed by atoms with Gasteiger partial charge in [0.25, 0.3) is 0 Å². The Morgan fingerprint density at radius 2 is 1.74 bits per heavy atom. The lowest BCUT2D eigenvalue weighted by molar-refractivity contribution is 0.140. The molecular weight excluding hydrogens is 338 g/mol. The van der Waals surface area contributed by atoms with E-state index in [1.165, 1.54) is 12.8 Å². The molecule has 2 N–H and O–H groups in total. The van der Waals surface area contributed by atoms with E-state index in [2.05, 4.69) is 4.90 Å². The molecule has 1 aliphatic heterocycles. The van der Waals surface area contributed by atoms with E-state index in [-0.39, 0.29) is 42.8 Å². The van der Waals surface area contributed by atoms with Crippen molar-refractivity contribution in [1.29, 1.82) is 0 Å². The smallest absolute Gasteiger partial charge is 0.169 e. The molecular formula is C17H27Cl2FN2O. The van der Waals surface area contributed by atoms with Gasteiger partial charge in [0.1, 0.15) is 0 Å². The summed E-state index contributed by atoms with van der Waals surface area (Å²) in [6.45, 7) is 2.84. The van der Waals surface area contributed by atoms with Gasteiger partial charge in [-0.05, 0) is 57.7 Å². The second kappa shape index (κ2) is 9.67. The molecule has 2 fully saturated rings. The first-order valence-electron chi connectivity index (χ1n) is 8.14. The van der Waals surface area contributed by atoms with Crippen molar-refractivity contribution in [1.82, 2.24) is 4.90 Å². The monoisotopic (exact) mass is 364 g/mol. The van der Waals surface area contributed by atoms with E-state index in [0.29, 0.717) is 12.3 Å². The van der Waals surface area contributed by atoms with E-state index in [1.54, 1.807) is 6.07 Å². The molecule has 0 radical (unpaired) electrons. The highest BCUT2D eigenvalue weighted by atomic mass is 35.5. The SMILES string of the molecule is Cl.Cl.NC1CCC(Oc2cccc(CN3CCCC3)c2F)CC1. The van der Waals surface area contributed by atoms with Crippen LogP contribution in [0.2, 0.25) is 0 Å². The van der Waals surface area contributed by atoms with Crippen molar-refractivity contribution in [3.8, 4) is 5.75 Å². The van der Waals surface area contributed by atoms with E-state index < -0.39 is 0 Å². The van der Waals surface area contributed by atoms with E-state index in [9.17, 15) is 4.39 Å². The van der Waals surface area contributed by atoms with Crippen LogP contribution in [0.1, 0.15) is 44.1 Å². The topological polar surface area (TPSA) is 38.5 Å². The number of hydrogen-bond acceptors (Lipinski definition) is 3. The second-order valence-electron chi connectivity index (χ2n) is 6.37. The fraction of sp³-hybridized carbons (Fsp3) is 0.647. The van der Waals surface area contributed by atoms with Gasteiger partial charge in [0.05, 0.1) is 6.10 Å². The van der Waals surface area contributed by atoms with Crippen molar-refractivity contribution in [3.05, 3.63) is 29.6 Å². The third-order valence-corrected chi connectivity index (χ3v) is 4.65. The first-order chi connectivity index (χ1) is 10.2. The van der Waals surface area contributed by atoms with Crippen LogP contribution in [0.5, 0.6) is 5.75 Å². The van der Waals surface area contributed by atoms with Crippen LogP contribution >= 0.6 is 24.8 Å². The largest absolute Gasteiger partial charge is 0.487 e. The zero-order valence-corrected chi connectivity index (χ0v) is 15.0. The number of nitrogens with zero attached hydrogens (tertiary/aromatic N) is 1. The number of nitrogens with two attached hydrogens (primary N) is 1. The van der Waals surface area contributed by atoms with Gasteiger partial charge in [-0.15, -0.1) is 24.8 Å². The van der Waals surface area contributed by atoms with Crippen LogP contribution in [0.4, 0.5) is 4.39 Å². The van der Waals surface area contributed by atoms with Gasteiger partial charge >= 0.3 is 0 Å². The molecule has 2 aliphatic rings. The van der Waals surface area contributed by atoms with E-state index >= 15 is 0 Å². The fourth-order valence-corrected chi connectivity index (χ4v) is 3.34. The van der Waals surface area contributed by atoms with Crippen LogP contribution in [0, 0.1) is 5.82 Å². The summed E-state index contributed by atoms with van der Waals surface area (Å²) in [7, 11) is 0. The van der Waals surface area contributed by atoms with Gasteiger partial charge in [-0.1, -0.05) is 12.1 Å². The molecule has 0 unspecified atom stereocenters. The van der Waals surface area contributed by atoms with Crippen molar-refractivity contribution < 1.29 is 9.13 Å². The number of hydrogen-bond donors (Lipinski definition) is 1. The van der Waals surface area contributed by atoms with E-state index in [4.69, 9.17) is 10.5 Å². The van der Waals surface area contributed by atoms with Crippen LogP contribution in [0.25, 0.3) is 0 Å². The van der Waals surface area contributed by atoms with Gasteiger partial charge in [0.2, 0.25) is 0 Å². The Morgan fingerprint density at radius 1 is 1.09 bits per heavy atom. The first kappa shape index (κ1) is 20.5. The number of benzene rings is 1. The van der Waals surface area contributed by atoms with Gasteiger partial charge in [0, 0.05) is 18.2 Å². The maximum atomic E-state index is 14.6. The van der Waals surface area contributed by atoms with Crippen molar-refractivity contribution in [3.63, 3.8) is 0 Å². The average Bonchev–Trinajstić information content (AvgIpc) is 2.99. The summed E-state index contributed by atoms with van der Waals surface area (Å²) in [5.74, 6) is 0.228. The average molecular weight is 365 g/mol. The molecule has 0 atom stereocenters. The molecule has 1 saturated carbocycles. The van der Waals surface area contributed by atoms with Crippen molar-refractivity contribution >= 4 is 24.8 Å². The zero-order valence-electron chi connectivity index (χ0n) is 13.4. The molecule has 0 aromatic heterocycles. The Hall–Kier alpha value is -0.550. The fourth-order valence-electron chi connectivity index (χ4n) is 3.34. The van der Waals surface area contributed by atoms with Crippen molar-refractivity contribution in [2.45, 2.75) is 57.2 Å². The first-order valence-corrected chi connectivity index (χ1v) is 8.14. The Morgan fingerprint density at radius 3 is 2.39 bits per heavy atom. The van der Waals surface area contributed by atoms with Crippen LogP contribution < -0.4 is 10.5 Å². The normalized spacial score (nSPS) is 24.6. The Balaban J connectivity index is 0.00000132. The predicted octanol–water partition coefficient (Wildman–Crippen LogP) is 3.91. The van der Waals surface area contributed by atoms with Gasteiger partial charge in [-0.3, -0.25) is 4.90 Å². The minimum Gasteiger partial charge on any atom is -0.487 e. The summed E-state index contributed by atoms with van der Waals surface area (Å²) >= 11 is 0. The number of rotatable bonds is 4. The lowest BCUT2D eigenvalue weighted by Gasteiger charge is -2.27. The highest BCUT2D eigenvalue weighted by molar-refractivity contribution is 5.85. The maximum Gasteiger partial charge on any atom is 0.169 e. The molecule has 1 saturated heterocycles. The molecule has 1 aromatic carbocycles. The molecule has 0 bridgehead atoms. The predicted molar refractivity (Wildman–Crippen MR) is 96.3 cm³/mol. The highest BCUT2D eigenvalue weighted by Gasteiger charge is 2.22. The van der Waals surface area contributed by atoms with E-state index in [0.717, 1.165) is 44.3 Å². The van der Waals surface area contributed by atoms with Gasteiger partial charge in [-0.25, -0.2) is 4.39 Å². The molecule has 1 aliphatic carbocycles. The summed E-state index contributed by atoms with van der Waals surface area (Å²) in [6, 6.07) is 5.81. The molecule has 6 heteroatoms. The lowest BCUT2D eigenvalue weighted by Crippen LogP contribution is -2.31.